The van der Waals surface area contributed by atoms with Gasteiger partial charge in [0.1, 0.15) is 5.69 Å². The van der Waals surface area contributed by atoms with Crippen molar-refractivity contribution in [2.45, 2.75) is 0 Å². The van der Waals surface area contributed by atoms with E-state index in [2.05, 4.69) is 10.1 Å². The molecule has 0 bridgehead atoms. The molecule has 0 aliphatic rings. The maximum atomic E-state index is 6.22. The molecule has 3 rings (SSSR count). The molecule has 2 heterocycles. The zero-order valence-electron chi connectivity index (χ0n) is 10.2. The lowest BCUT2D eigenvalue weighted by atomic mass is 10.0. The van der Waals surface area contributed by atoms with Crippen LogP contribution in [0.4, 0.5) is 5.82 Å². The van der Waals surface area contributed by atoms with Crippen molar-refractivity contribution in [3.05, 3.63) is 52.6 Å². The summed E-state index contributed by atoms with van der Waals surface area (Å²) in [5.41, 5.74) is 7.85. The summed E-state index contributed by atoms with van der Waals surface area (Å²) < 4.78 is 5.29. The molecule has 0 radical (unpaired) electrons. The van der Waals surface area contributed by atoms with E-state index < -0.39 is 0 Å². The summed E-state index contributed by atoms with van der Waals surface area (Å²) >= 11 is 12.1. The summed E-state index contributed by atoms with van der Waals surface area (Å²) in [5.74, 6) is 0.738. The third kappa shape index (κ3) is 2.24. The Morgan fingerprint density at radius 1 is 1.10 bits per heavy atom. The number of nitrogens with zero attached hydrogens (tertiary/aromatic N) is 2. The molecular weight excluding hydrogens is 297 g/mol. The molecule has 0 fully saturated rings. The van der Waals surface area contributed by atoms with Crippen LogP contribution in [0.2, 0.25) is 10.0 Å². The standard InChI is InChI=1S/C14H9Cl2N3O/c15-8-4-5-9(10(16)7-8)12-13(20-19-14(12)17)11-3-1-2-6-18-11/h1-7H,(H2,17,19). The lowest BCUT2D eigenvalue weighted by molar-refractivity contribution is 0.435. The monoisotopic (exact) mass is 305 g/mol. The lowest BCUT2D eigenvalue weighted by Crippen LogP contribution is -1.90. The minimum Gasteiger partial charge on any atom is -0.380 e. The van der Waals surface area contributed by atoms with Gasteiger partial charge in [0.25, 0.3) is 0 Å². The van der Waals surface area contributed by atoms with E-state index in [9.17, 15) is 0 Å². The van der Waals surface area contributed by atoms with Crippen LogP contribution in [-0.2, 0) is 0 Å². The Morgan fingerprint density at radius 2 is 1.95 bits per heavy atom. The van der Waals surface area contributed by atoms with Crippen molar-refractivity contribution in [2.75, 3.05) is 5.73 Å². The highest BCUT2D eigenvalue weighted by molar-refractivity contribution is 6.36. The van der Waals surface area contributed by atoms with Gasteiger partial charge < -0.3 is 10.3 Å². The highest BCUT2D eigenvalue weighted by atomic mass is 35.5. The number of anilines is 1. The Labute approximate surface area is 125 Å². The molecule has 3 aromatic rings. The van der Waals surface area contributed by atoms with Gasteiger partial charge in [-0.1, -0.05) is 40.5 Å². The van der Waals surface area contributed by atoms with Crippen LogP contribution in [0.15, 0.2) is 47.1 Å². The number of pyridine rings is 1. The molecule has 0 spiro atoms. The molecular formula is C14H9Cl2N3O. The molecule has 4 nitrogen and oxygen atoms in total. The fraction of sp³-hybridized carbons (Fsp3) is 0. The number of nitrogens with two attached hydrogens (primary N) is 1. The molecule has 6 heteroatoms. The summed E-state index contributed by atoms with van der Waals surface area (Å²) in [7, 11) is 0. The second kappa shape index (κ2) is 5.15. The van der Waals surface area contributed by atoms with Crippen molar-refractivity contribution in [3.63, 3.8) is 0 Å². The Balaban J connectivity index is 2.22. The molecule has 2 aromatic heterocycles. The minimum atomic E-state index is 0.259. The number of aromatic nitrogens is 2. The van der Waals surface area contributed by atoms with Crippen LogP contribution in [0.5, 0.6) is 0 Å². The van der Waals surface area contributed by atoms with Gasteiger partial charge in [-0.3, -0.25) is 4.98 Å². The van der Waals surface area contributed by atoms with Crippen molar-refractivity contribution in [1.82, 2.24) is 10.1 Å². The molecule has 0 aliphatic heterocycles. The Morgan fingerprint density at radius 3 is 2.65 bits per heavy atom. The number of benzene rings is 1. The third-order valence-corrected chi connectivity index (χ3v) is 3.36. The first kappa shape index (κ1) is 13.0. The zero-order valence-corrected chi connectivity index (χ0v) is 11.7. The Hall–Kier alpha value is -2.04. The number of rotatable bonds is 2. The molecule has 0 saturated heterocycles. The van der Waals surface area contributed by atoms with Gasteiger partial charge >= 0.3 is 0 Å². The predicted molar refractivity (Wildman–Crippen MR) is 79.6 cm³/mol. The second-order valence-electron chi connectivity index (χ2n) is 4.11. The van der Waals surface area contributed by atoms with Crippen LogP contribution in [0.25, 0.3) is 22.6 Å². The molecule has 20 heavy (non-hydrogen) atoms. The van der Waals surface area contributed by atoms with Crippen molar-refractivity contribution in [1.29, 1.82) is 0 Å². The third-order valence-electron chi connectivity index (χ3n) is 2.82. The van der Waals surface area contributed by atoms with E-state index in [1.807, 2.05) is 18.2 Å². The molecule has 0 unspecified atom stereocenters. The van der Waals surface area contributed by atoms with Crippen molar-refractivity contribution < 1.29 is 4.52 Å². The highest BCUT2D eigenvalue weighted by Gasteiger charge is 2.20. The van der Waals surface area contributed by atoms with E-state index in [1.165, 1.54) is 0 Å². The second-order valence-corrected chi connectivity index (χ2v) is 4.95. The Bertz CT molecular complexity index is 756. The number of halogens is 2. The first-order valence-electron chi connectivity index (χ1n) is 5.79. The van der Waals surface area contributed by atoms with Gasteiger partial charge in [-0.2, -0.15) is 0 Å². The van der Waals surface area contributed by atoms with Crippen LogP contribution in [-0.4, -0.2) is 10.1 Å². The highest BCUT2D eigenvalue weighted by Crippen LogP contribution is 2.39. The lowest BCUT2D eigenvalue weighted by Gasteiger charge is -2.05. The summed E-state index contributed by atoms with van der Waals surface area (Å²) in [4.78, 5) is 4.24. The van der Waals surface area contributed by atoms with Crippen molar-refractivity contribution >= 4 is 29.0 Å². The van der Waals surface area contributed by atoms with Gasteiger partial charge in [0, 0.05) is 16.8 Å². The van der Waals surface area contributed by atoms with E-state index in [0.29, 0.717) is 32.6 Å². The van der Waals surface area contributed by atoms with Gasteiger partial charge in [-0.15, -0.1) is 0 Å². The summed E-state index contributed by atoms with van der Waals surface area (Å²) in [6.45, 7) is 0. The maximum absolute atomic E-state index is 6.22. The fourth-order valence-electron chi connectivity index (χ4n) is 1.93. The van der Waals surface area contributed by atoms with Gasteiger partial charge in [0.05, 0.1) is 10.6 Å². The van der Waals surface area contributed by atoms with Crippen LogP contribution in [0.1, 0.15) is 0 Å². The zero-order chi connectivity index (χ0) is 14.1. The molecule has 0 aliphatic carbocycles. The largest absolute Gasteiger partial charge is 0.380 e. The van der Waals surface area contributed by atoms with Gasteiger partial charge in [-0.25, -0.2) is 0 Å². The van der Waals surface area contributed by atoms with E-state index in [0.717, 1.165) is 0 Å². The number of hydrogen-bond acceptors (Lipinski definition) is 4. The molecule has 0 amide bonds. The average molecular weight is 306 g/mol. The van der Waals surface area contributed by atoms with E-state index in [4.69, 9.17) is 33.5 Å². The molecule has 100 valence electrons. The quantitative estimate of drug-likeness (QED) is 0.767. The van der Waals surface area contributed by atoms with E-state index >= 15 is 0 Å². The molecule has 2 N–H and O–H groups in total. The maximum Gasteiger partial charge on any atom is 0.195 e. The van der Waals surface area contributed by atoms with Crippen LogP contribution < -0.4 is 5.73 Å². The molecule has 1 aromatic carbocycles. The number of hydrogen-bond donors (Lipinski definition) is 1. The summed E-state index contributed by atoms with van der Waals surface area (Å²) in [5, 5.41) is 4.83. The van der Waals surface area contributed by atoms with Gasteiger partial charge in [-0.05, 0) is 24.3 Å². The first-order valence-corrected chi connectivity index (χ1v) is 6.54. The molecule has 0 saturated carbocycles. The van der Waals surface area contributed by atoms with Crippen LogP contribution in [0.3, 0.4) is 0 Å². The topological polar surface area (TPSA) is 64.9 Å². The first-order chi connectivity index (χ1) is 9.66. The molecule has 0 atom stereocenters. The van der Waals surface area contributed by atoms with E-state index in [1.54, 1.807) is 24.4 Å². The van der Waals surface area contributed by atoms with Crippen LogP contribution in [0, 0.1) is 0 Å². The SMILES string of the molecule is Nc1noc(-c2ccccn2)c1-c1ccc(Cl)cc1Cl. The number of nitrogen functional groups attached to an aromatic ring is 1. The fourth-order valence-corrected chi connectivity index (χ4v) is 2.43. The van der Waals surface area contributed by atoms with Gasteiger partial charge in [0.2, 0.25) is 0 Å². The normalized spacial score (nSPS) is 10.7. The average Bonchev–Trinajstić information content (AvgIpc) is 2.82. The van der Waals surface area contributed by atoms with Crippen molar-refractivity contribution in [3.8, 4) is 22.6 Å². The summed E-state index contributed by atoms with van der Waals surface area (Å²) in [6, 6.07) is 10.6. The Kier molecular flexibility index (Phi) is 3.34. The minimum absolute atomic E-state index is 0.259. The van der Waals surface area contributed by atoms with Crippen molar-refractivity contribution in [2.24, 2.45) is 0 Å². The van der Waals surface area contributed by atoms with Gasteiger partial charge in [0.15, 0.2) is 11.6 Å². The summed E-state index contributed by atoms with van der Waals surface area (Å²) in [6.07, 6.45) is 1.67. The van der Waals surface area contributed by atoms with Crippen LogP contribution >= 0.6 is 23.2 Å². The predicted octanol–water partition coefficient (Wildman–Crippen LogP) is 4.29. The van der Waals surface area contributed by atoms with E-state index in [-0.39, 0.29) is 5.82 Å². The smallest absolute Gasteiger partial charge is 0.195 e.